The van der Waals surface area contributed by atoms with Crippen molar-refractivity contribution in [3.8, 4) is 5.75 Å². The lowest BCUT2D eigenvalue weighted by Gasteiger charge is -2.26. The zero-order valence-corrected chi connectivity index (χ0v) is 31.8. The van der Waals surface area contributed by atoms with Gasteiger partial charge in [-0.15, -0.1) is 0 Å². The quantitative estimate of drug-likeness (QED) is 0.0543. The summed E-state index contributed by atoms with van der Waals surface area (Å²) in [7, 11) is -8.01. The van der Waals surface area contributed by atoms with Crippen LogP contribution in [0.4, 0.5) is 11.4 Å². The van der Waals surface area contributed by atoms with Gasteiger partial charge in [0.25, 0.3) is 0 Å². The third-order valence-corrected chi connectivity index (χ3v) is 9.70. The molecule has 0 spiro atoms. The Labute approximate surface area is 327 Å². The van der Waals surface area contributed by atoms with Crippen molar-refractivity contribution >= 4 is 67.0 Å². The average molecular weight is 835 g/mol. The Bertz CT molecular complexity index is 2130. The zero-order chi connectivity index (χ0) is 42.3. The van der Waals surface area contributed by atoms with Crippen LogP contribution in [0.15, 0.2) is 82.6 Å². The van der Waals surface area contributed by atoms with Gasteiger partial charge >= 0.3 is 11.9 Å². The summed E-state index contributed by atoms with van der Waals surface area (Å²) in [5, 5.41) is 48.6. The molecule has 1 atom stereocenters. The Hall–Kier alpha value is -5.98. The standard InChI is InChI=1S/C34H42N8O13S2/c35-56(52,53)26-10-4-23(5-11-26)38-30(45)18-41(15-16-42(21-33(48)49)19-31(46)39-24-6-12-27(13-7-24)57(36,54)55)20-32(47)40-28(34(50)51)17-37-29(44)14-3-22-1-8-25(43)9-2-22/h1-2,4-13,28,43H,3,14-21H2,(H,37,44)(H,38,45)(H,39,46)(H,40,47)(H,48,49)(H,50,51)(H2,35,52,53)(H2,36,54,55)/t28-/m0/s1. The van der Waals surface area contributed by atoms with Crippen LogP contribution >= 0.6 is 0 Å². The van der Waals surface area contributed by atoms with E-state index in [1.54, 1.807) is 12.1 Å². The first-order chi connectivity index (χ1) is 26.7. The average Bonchev–Trinajstić information content (AvgIpc) is 3.11. The predicted molar refractivity (Wildman–Crippen MR) is 202 cm³/mol. The molecule has 3 aromatic rings. The lowest BCUT2D eigenvalue weighted by molar-refractivity contribution is -0.142. The van der Waals surface area contributed by atoms with Crippen LogP contribution in [-0.2, 0) is 55.2 Å². The van der Waals surface area contributed by atoms with Crippen molar-refractivity contribution in [3.63, 3.8) is 0 Å². The largest absolute Gasteiger partial charge is 0.508 e. The van der Waals surface area contributed by atoms with E-state index in [0.717, 1.165) is 29.8 Å². The monoisotopic (exact) mass is 834 g/mol. The van der Waals surface area contributed by atoms with Gasteiger partial charge in [-0.1, -0.05) is 12.1 Å². The van der Waals surface area contributed by atoms with E-state index < -0.39 is 94.4 Å². The van der Waals surface area contributed by atoms with Crippen molar-refractivity contribution in [3.05, 3.63) is 78.4 Å². The number of hydrogen-bond donors (Lipinski definition) is 9. The number of nitrogens with two attached hydrogens (primary N) is 2. The van der Waals surface area contributed by atoms with Gasteiger partial charge in [0.05, 0.1) is 36.0 Å². The Morgan fingerprint density at radius 3 is 1.47 bits per heavy atom. The number of sulfonamides is 2. The van der Waals surface area contributed by atoms with Crippen molar-refractivity contribution in [2.45, 2.75) is 28.7 Å². The number of carbonyl (C=O) groups excluding carboxylic acids is 4. The summed E-state index contributed by atoms with van der Waals surface area (Å²) in [6.45, 7) is -3.22. The van der Waals surface area contributed by atoms with E-state index in [-0.39, 0.29) is 46.4 Å². The molecular weight excluding hydrogens is 793 g/mol. The molecule has 23 heteroatoms. The Kier molecular flexibility index (Phi) is 16.6. The number of carboxylic acid groups (broad SMARTS) is 2. The van der Waals surface area contributed by atoms with Crippen molar-refractivity contribution in [2.75, 3.05) is 56.4 Å². The lowest BCUT2D eigenvalue weighted by atomic mass is 10.1. The SMILES string of the molecule is NS(=O)(=O)c1ccc(NC(=O)CN(CCN(CC(=O)Nc2ccc(S(N)(=O)=O)cc2)CC(=O)N[C@@H](CNC(=O)CCc2ccc(O)cc2)C(=O)O)CC(=O)O)cc1. The molecule has 0 aromatic heterocycles. The molecule has 0 saturated carbocycles. The highest BCUT2D eigenvalue weighted by Gasteiger charge is 2.24. The smallest absolute Gasteiger partial charge is 0.328 e. The third-order valence-electron chi connectivity index (χ3n) is 7.84. The van der Waals surface area contributed by atoms with E-state index in [0.29, 0.717) is 6.42 Å². The molecule has 0 radical (unpaired) electrons. The minimum Gasteiger partial charge on any atom is -0.508 e. The number of hydrogen-bond acceptors (Lipinski definition) is 13. The second-order valence-electron chi connectivity index (χ2n) is 12.5. The van der Waals surface area contributed by atoms with Crippen molar-refractivity contribution < 1.29 is 60.9 Å². The molecule has 0 aliphatic heterocycles. The fraction of sp³-hybridized carbons (Fsp3) is 0.294. The summed E-state index contributed by atoms with van der Waals surface area (Å²) in [4.78, 5) is 77.1. The number of rotatable bonds is 22. The minimum atomic E-state index is -4.02. The highest BCUT2D eigenvalue weighted by atomic mass is 32.2. The Morgan fingerprint density at radius 2 is 1.05 bits per heavy atom. The normalized spacial score (nSPS) is 12.1. The van der Waals surface area contributed by atoms with E-state index >= 15 is 0 Å². The number of phenolic OH excluding ortho intramolecular Hbond substituents is 1. The molecule has 0 aliphatic rings. The van der Waals surface area contributed by atoms with Crippen molar-refractivity contribution in [2.24, 2.45) is 10.3 Å². The molecule has 0 heterocycles. The fourth-order valence-corrected chi connectivity index (χ4v) is 6.06. The maximum absolute atomic E-state index is 13.1. The number of nitrogens with one attached hydrogen (secondary N) is 4. The van der Waals surface area contributed by atoms with Crippen molar-refractivity contribution in [1.82, 2.24) is 20.4 Å². The van der Waals surface area contributed by atoms with E-state index in [1.165, 1.54) is 46.2 Å². The molecule has 3 rings (SSSR count). The van der Waals surface area contributed by atoms with Gasteiger partial charge < -0.3 is 36.6 Å². The Morgan fingerprint density at radius 1 is 0.614 bits per heavy atom. The number of aromatic hydroxyl groups is 1. The number of primary sulfonamides is 2. The first-order valence-electron chi connectivity index (χ1n) is 16.8. The minimum absolute atomic E-state index is 0.0194. The summed E-state index contributed by atoms with van der Waals surface area (Å²) in [5.74, 6) is -5.56. The van der Waals surface area contributed by atoms with Crippen LogP contribution in [0.2, 0.25) is 0 Å². The van der Waals surface area contributed by atoms with Crippen LogP contribution in [0, 0.1) is 0 Å². The van der Waals surface area contributed by atoms with Gasteiger partial charge in [-0.05, 0) is 72.6 Å². The summed E-state index contributed by atoms with van der Waals surface area (Å²) >= 11 is 0. The summed E-state index contributed by atoms with van der Waals surface area (Å²) in [6.07, 6.45) is 0.271. The van der Waals surface area contributed by atoms with Crippen LogP contribution in [0.5, 0.6) is 5.75 Å². The molecule has 21 nitrogen and oxygen atoms in total. The zero-order valence-electron chi connectivity index (χ0n) is 30.2. The summed E-state index contributed by atoms with van der Waals surface area (Å²) in [5.41, 5.74) is 1.08. The number of amides is 4. The number of carboxylic acids is 2. The van der Waals surface area contributed by atoms with Crippen LogP contribution in [0.1, 0.15) is 12.0 Å². The van der Waals surface area contributed by atoms with E-state index in [2.05, 4.69) is 21.3 Å². The van der Waals surface area contributed by atoms with Gasteiger partial charge in [-0.3, -0.25) is 33.8 Å². The molecule has 11 N–H and O–H groups in total. The molecule has 0 unspecified atom stereocenters. The number of aliphatic carboxylic acids is 2. The predicted octanol–water partition coefficient (Wildman–Crippen LogP) is -1.73. The molecule has 0 aliphatic carbocycles. The van der Waals surface area contributed by atoms with Gasteiger partial charge in [-0.2, -0.15) is 0 Å². The van der Waals surface area contributed by atoms with Crippen LogP contribution in [0.3, 0.4) is 0 Å². The second kappa shape index (κ2) is 20.8. The van der Waals surface area contributed by atoms with E-state index in [4.69, 9.17) is 10.3 Å². The number of nitrogens with zero attached hydrogens (tertiary/aromatic N) is 2. The lowest BCUT2D eigenvalue weighted by Crippen LogP contribution is -2.52. The topological polar surface area (TPSA) is 338 Å². The van der Waals surface area contributed by atoms with Crippen LogP contribution in [0.25, 0.3) is 0 Å². The van der Waals surface area contributed by atoms with Gasteiger partial charge in [0.2, 0.25) is 43.7 Å². The van der Waals surface area contributed by atoms with Gasteiger partial charge in [0.1, 0.15) is 11.8 Å². The van der Waals surface area contributed by atoms with Crippen LogP contribution in [-0.4, -0.2) is 129 Å². The maximum Gasteiger partial charge on any atom is 0.328 e. The molecule has 0 fully saturated rings. The van der Waals surface area contributed by atoms with Gasteiger partial charge in [-0.25, -0.2) is 31.9 Å². The summed E-state index contributed by atoms with van der Waals surface area (Å²) in [6, 6.07) is 14.2. The van der Waals surface area contributed by atoms with Gasteiger partial charge in [0.15, 0.2) is 0 Å². The molecule has 0 bridgehead atoms. The molecule has 0 saturated heterocycles. The highest BCUT2D eigenvalue weighted by molar-refractivity contribution is 7.89. The number of aryl methyl sites for hydroxylation is 1. The molecule has 4 amide bonds. The van der Waals surface area contributed by atoms with Crippen molar-refractivity contribution in [1.29, 1.82) is 0 Å². The van der Waals surface area contributed by atoms with E-state index in [9.17, 15) is 60.9 Å². The molecule has 3 aromatic carbocycles. The number of carbonyl (C=O) groups is 6. The van der Waals surface area contributed by atoms with E-state index in [1.807, 2.05) is 0 Å². The third kappa shape index (κ3) is 16.7. The molecular formula is C34H42N8O13S2. The number of phenols is 1. The number of anilines is 2. The Balaban J connectivity index is 1.69. The first kappa shape index (κ1) is 45.4. The summed E-state index contributed by atoms with van der Waals surface area (Å²) < 4.78 is 46.2. The fourth-order valence-electron chi connectivity index (χ4n) is 5.03. The molecule has 308 valence electrons. The maximum atomic E-state index is 13.1. The number of benzene rings is 3. The second-order valence-corrected chi connectivity index (χ2v) is 15.6. The van der Waals surface area contributed by atoms with Gasteiger partial charge in [0, 0.05) is 37.4 Å². The molecule has 57 heavy (non-hydrogen) atoms. The first-order valence-corrected chi connectivity index (χ1v) is 19.9. The van der Waals surface area contributed by atoms with Crippen LogP contribution < -0.4 is 31.5 Å². The highest BCUT2D eigenvalue weighted by Crippen LogP contribution is 2.15.